The van der Waals surface area contributed by atoms with E-state index in [1.165, 1.54) is 11.1 Å². The second kappa shape index (κ2) is 9.19. The maximum Gasteiger partial charge on any atom is 0.222 e. The van der Waals surface area contributed by atoms with Crippen molar-refractivity contribution in [1.29, 1.82) is 0 Å². The number of rotatable bonds is 8. The van der Waals surface area contributed by atoms with Crippen molar-refractivity contribution in [3.63, 3.8) is 0 Å². The van der Waals surface area contributed by atoms with Crippen molar-refractivity contribution in [2.45, 2.75) is 26.4 Å². The number of hydrogen-bond acceptors (Lipinski definition) is 6. The SMILES string of the molecule is CCc1ccc(CN(C)Cc2cc(Nc3cccc(OC)c3)nc(N)n2)cc1. The number of aryl methyl sites for hydroxylation is 1. The summed E-state index contributed by atoms with van der Waals surface area (Å²) < 4.78 is 5.26. The molecule has 0 atom stereocenters. The van der Waals surface area contributed by atoms with Gasteiger partial charge in [0.1, 0.15) is 11.6 Å². The van der Waals surface area contributed by atoms with E-state index in [1.807, 2.05) is 30.3 Å². The monoisotopic (exact) mass is 377 g/mol. The molecule has 0 radical (unpaired) electrons. The molecule has 146 valence electrons. The summed E-state index contributed by atoms with van der Waals surface area (Å²) in [5.41, 5.74) is 10.3. The van der Waals surface area contributed by atoms with E-state index in [0.717, 1.165) is 30.1 Å². The Morgan fingerprint density at radius 2 is 1.75 bits per heavy atom. The zero-order valence-electron chi connectivity index (χ0n) is 16.6. The van der Waals surface area contributed by atoms with Crippen LogP contribution in [0.5, 0.6) is 5.75 Å². The van der Waals surface area contributed by atoms with Crippen LogP contribution in [0.4, 0.5) is 17.5 Å². The van der Waals surface area contributed by atoms with Crippen LogP contribution in [0.2, 0.25) is 0 Å². The Morgan fingerprint density at radius 3 is 2.46 bits per heavy atom. The molecule has 0 fully saturated rings. The summed E-state index contributed by atoms with van der Waals surface area (Å²) in [5, 5.41) is 3.27. The third kappa shape index (κ3) is 5.44. The minimum atomic E-state index is 0.253. The zero-order chi connectivity index (χ0) is 19.9. The number of hydrogen-bond donors (Lipinski definition) is 2. The van der Waals surface area contributed by atoms with Crippen LogP contribution in [-0.4, -0.2) is 29.0 Å². The van der Waals surface area contributed by atoms with E-state index in [9.17, 15) is 0 Å². The van der Waals surface area contributed by atoms with Gasteiger partial charge in [-0.3, -0.25) is 4.90 Å². The number of benzene rings is 2. The van der Waals surface area contributed by atoms with Crippen molar-refractivity contribution in [2.24, 2.45) is 0 Å². The van der Waals surface area contributed by atoms with Gasteiger partial charge in [0, 0.05) is 30.9 Å². The van der Waals surface area contributed by atoms with Gasteiger partial charge < -0.3 is 15.8 Å². The first-order chi connectivity index (χ1) is 13.6. The van der Waals surface area contributed by atoms with Crippen LogP contribution < -0.4 is 15.8 Å². The largest absolute Gasteiger partial charge is 0.497 e. The van der Waals surface area contributed by atoms with Gasteiger partial charge >= 0.3 is 0 Å². The van der Waals surface area contributed by atoms with Crippen LogP contribution in [0.15, 0.2) is 54.6 Å². The molecule has 0 amide bonds. The van der Waals surface area contributed by atoms with Crippen LogP contribution in [0.1, 0.15) is 23.7 Å². The number of ether oxygens (including phenoxy) is 1. The summed E-state index contributed by atoms with van der Waals surface area (Å²) in [5.74, 6) is 1.70. The third-order valence-corrected chi connectivity index (χ3v) is 4.45. The highest BCUT2D eigenvalue weighted by Gasteiger charge is 2.08. The normalized spacial score (nSPS) is 10.9. The number of nitrogen functional groups attached to an aromatic ring is 1. The van der Waals surface area contributed by atoms with Crippen LogP contribution in [0.3, 0.4) is 0 Å². The first kappa shape index (κ1) is 19.6. The summed E-state index contributed by atoms with van der Waals surface area (Å²) >= 11 is 0. The molecule has 6 nitrogen and oxygen atoms in total. The molecule has 3 rings (SSSR count). The first-order valence-corrected chi connectivity index (χ1v) is 9.36. The van der Waals surface area contributed by atoms with Gasteiger partial charge in [0.2, 0.25) is 5.95 Å². The summed E-state index contributed by atoms with van der Waals surface area (Å²) in [7, 11) is 3.71. The van der Waals surface area contributed by atoms with E-state index < -0.39 is 0 Å². The molecule has 1 heterocycles. The Labute approximate surface area is 166 Å². The Bertz CT molecular complexity index is 911. The van der Waals surface area contributed by atoms with Crippen molar-refractivity contribution in [2.75, 3.05) is 25.2 Å². The van der Waals surface area contributed by atoms with Crippen molar-refractivity contribution < 1.29 is 4.74 Å². The molecule has 3 aromatic rings. The molecule has 3 N–H and O–H groups in total. The smallest absolute Gasteiger partial charge is 0.222 e. The minimum absolute atomic E-state index is 0.253. The van der Waals surface area contributed by atoms with Crippen molar-refractivity contribution in [3.05, 3.63) is 71.4 Å². The topological polar surface area (TPSA) is 76.3 Å². The molecule has 28 heavy (non-hydrogen) atoms. The van der Waals surface area contributed by atoms with Gasteiger partial charge in [-0.15, -0.1) is 0 Å². The molecule has 0 spiro atoms. The summed E-state index contributed by atoms with van der Waals surface area (Å²) in [6.45, 7) is 3.68. The first-order valence-electron chi connectivity index (χ1n) is 9.36. The van der Waals surface area contributed by atoms with Crippen molar-refractivity contribution >= 4 is 17.5 Å². The van der Waals surface area contributed by atoms with E-state index in [2.05, 4.69) is 58.4 Å². The Kier molecular flexibility index (Phi) is 6.45. The molecule has 6 heteroatoms. The third-order valence-electron chi connectivity index (χ3n) is 4.45. The number of nitrogens with zero attached hydrogens (tertiary/aromatic N) is 3. The average molecular weight is 377 g/mol. The number of nitrogens with two attached hydrogens (primary N) is 1. The Morgan fingerprint density at radius 1 is 1.00 bits per heavy atom. The molecule has 0 saturated carbocycles. The fourth-order valence-corrected chi connectivity index (χ4v) is 3.04. The van der Waals surface area contributed by atoms with Gasteiger partial charge in [0.25, 0.3) is 0 Å². The number of nitrogens with one attached hydrogen (secondary N) is 1. The van der Waals surface area contributed by atoms with Gasteiger partial charge in [-0.2, -0.15) is 4.98 Å². The number of methoxy groups -OCH3 is 1. The van der Waals surface area contributed by atoms with Crippen LogP contribution in [0, 0.1) is 0 Å². The Hall–Kier alpha value is -3.12. The van der Waals surface area contributed by atoms with E-state index in [4.69, 9.17) is 10.5 Å². The van der Waals surface area contributed by atoms with Crippen LogP contribution >= 0.6 is 0 Å². The van der Waals surface area contributed by atoms with E-state index in [-0.39, 0.29) is 5.95 Å². The Balaban J connectivity index is 1.67. The van der Waals surface area contributed by atoms with Gasteiger partial charge in [0.05, 0.1) is 12.8 Å². The molecular weight excluding hydrogens is 350 g/mol. The average Bonchev–Trinajstić information content (AvgIpc) is 2.68. The predicted octanol–water partition coefficient (Wildman–Crippen LogP) is 4.01. The molecule has 2 aromatic carbocycles. The number of aromatic nitrogens is 2. The summed E-state index contributed by atoms with van der Waals surface area (Å²) in [4.78, 5) is 10.9. The maximum atomic E-state index is 5.92. The fourth-order valence-electron chi connectivity index (χ4n) is 3.04. The van der Waals surface area contributed by atoms with Crippen molar-refractivity contribution in [1.82, 2.24) is 14.9 Å². The summed E-state index contributed by atoms with van der Waals surface area (Å²) in [6.07, 6.45) is 1.05. The highest BCUT2D eigenvalue weighted by molar-refractivity contribution is 5.59. The predicted molar refractivity (Wildman–Crippen MR) is 114 cm³/mol. The van der Waals surface area contributed by atoms with E-state index >= 15 is 0 Å². The van der Waals surface area contributed by atoms with Gasteiger partial charge in [-0.05, 0) is 36.7 Å². The maximum absolute atomic E-state index is 5.92. The standard InChI is InChI=1S/C22H27N5O/c1-4-16-8-10-17(11-9-16)14-27(2)15-19-13-21(26-22(23)25-19)24-18-6-5-7-20(12-18)28-3/h5-13H,4,14-15H2,1-3H3,(H3,23,24,25,26). The fraction of sp³-hybridized carbons (Fsp3) is 0.273. The van der Waals surface area contributed by atoms with Crippen LogP contribution in [-0.2, 0) is 19.5 Å². The second-order valence-electron chi connectivity index (χ2n) is 6.80. The second-order valence-corrected chi connectivity index (χ2v) is 6.80. The molecule has 0 bridgehead atoms. The van der Waals surface area contributed by atoms with Crippen molar-refractivity contribution in [3.8, 4) is 5.75 Å². The quantitative estimate of drug-likeness (QED) is 0.618. The molecular formula is C22H27N5O. The van der Waals surface area contributed by atoms with Crippen LogP contribution in [0.25, 0.3) is 0 Å². The summed E-state index contributed by atoms with van der Waals surface area (Å²) in [6, 6.07) is 18.3. The highest BCUT2D eigenvalue weighted by atomic mass is 16.5. The number of anilines is 3. The zero-order valence-corrected chi connectivity index (χ0v) is 16.6. The van der Waals surface area contributed by atoms with E-state index in [1.54, 1.807) is 7.11 Å². The molecule has 0 aliphatic heterocycles. The lowest BCUT2D eigenvalue weighted by molar-refractivity contribution is 0.315. The molecule has 0 unspecified atom stereocenters. The van der Waals surface area contributed by atoms with Gasteiger partial charge in [-0.1, -0.05) is 37.3 Å². The minimum Gasteiger partial charge on any atom is -0.497 e. The molecule has 1 aromatic heterocycles. The van der Waals surface area contributed by atoms with Gasteiger partial charge in [-0.25, -0.2) is 4.98 Å². The lowest BCUT2D eigenvalue weighted by atomic mass is 10.1. The molecule has 0 aliphatic carbocycles. The lowest BCUT2D eigenvalue weighted by Crippen LogP contribution is -2.18. The molecule has 0 aliphatic rings. The van der Waals surface area contributed by atoms with E-state index in [0.29, 0.717) is 12.4 Å². The highest BCUT2D eigenvalue weighted by Crippen LogP contribution is 2.21. The lowest BCUT2D eigenvalue weighted by Gasteiger charge is -2.17. The molecule has 0 saturated heterocycles. The van der Waals surface area contributed by atoms with Gasteiger partial charge in [0.15, 0.2) is 0 Å².